The summed E-state index contributed by atoms with van der Waals surface area (Å²) >= 11 is 0. The second-order valence-electron chi connectivity index (χ2n) is 14.7. The molecule has 2 aliphatic rings. The molecule has 2 heterocycles. The third kappa shape index (κ3) is 8.34. The van der Waals surface area contributed by atoms with E-state index in [1.807, 2.05) is 51.7 Å². The maximum absolute atomic E-state index is 16.7. The van der Waals surface area contributed by atoms with Crippen molar-refractivity contribution < 1.29 is 27.9 Å². The lowest BCUT2D eigenvalue weighted by Gasteiger charge is -2.34. The van der Waals surface area contributed by atoms with E-state index in [-0.39, 0.29) is 41.6 Å². The summed E-state index contributed by atoms with van der Waals surface area (Å²) in [4.78, 5) is 41.5. The lowest BCUT2D eigenvalue weighted by molar-refractivity contribution is -0.137. The highest BCUT2D eigenvalue weighted by molar-refractivity contribution is 5.83. The highest BCUT2D eigenvalue weighted by Crippen LogP contribution is 2.47. The normalized spacial score (nSPS) is 16.5. The molecule has 0 amide bonds. The largest absolute Gasteiger partial charge is 0.481 e. The molecule has 1 aliphatic carbocycles. The third-order valence-corrected chi connectivity index (χ3v) is 9.92. The minimum Gasteiger partial charge on any atom is -0.481 e. The summed E-state index contributed by atoms with van der Waals surface area (Å²) in [6.07, 6.45) is 0.629. The number of Topliss-reactive ketones (excluding diaryl/α,β-unsaturated/α-hetero) is 1. The molecule has 49 heavy (non-hydrogen) atoms. The van der Waals surface area contributed by atoms with Gasteiger partial charge in [0.05, 0.1) is 12.1 Å². The Morgan fingerprint density at radius 3 is 2.20 bits per heavy atom. The van der Waals surface area contributed by atoms with E-state index in [2.05, 4.69) is 5.10 Å². The lowest BCUT2D eigenvalue weighted by atomic mass is 9.83. The fourth-order valence-electron chi connectivity index (χ4n) is 7.37. The minimum absolute atomic E-state index is 0.0117. The van der Waals surface area contributed by atoms with Crippen molar-refractivity contribution in [3.8, 4) is 11.1 Å². The van der Waals surface area contributed by atoms with E-state index in [0.717, 1.165) is 29.5 Å². The van der Waals surface area contributed by atoms with Crippen LogP contribution in [0.2, 0.25) is 0 Å². The van der Waals surface area contributed by atoms with Crippen LogP contribution in [-0.2, 0) is 16.0 Å². The summed E-state index contributed by atoms with van der Waals surface area (Å²) in [5, 5.41) is 14.5. The number of aromatic nitrogens is 2. The quantitative estimate of drug-likeness (QED) is 0.177. The van der Waals surface area contributed by atoms with Crippen LogP contribution < -0.4 is 5.56 Å². The number of hydrogen-bond acceptors (Lipinski definition) is 5. The predicted octanol–water partition coefficient (Wildman–Crippen LogP) is 7.69. The van der Waals surface area contributed by atoms with Crippen LogP contribution in [0.4, 0.5) is 13.2 Å². The fourth-order valence-corrected chi connectivity index (χ4v) is 7.37. The van der Waals surface area contributed by atoms with Crippen LogP contribution in [0.15, 0.2) is 29.1 Å². The van der Waals surface area contributed by atoms with Crippen LogP contribution in [0.1, 0.15) is 109 Å². The van der Waals surface area contributed by atoms with Crippen molar-refractivity contribution in [1.82, 2.24) is 14.7 Å². The number of likely N-dealkylation sites (tertiary alicyclic amines) is 1. The monoisotopic (exact) mass is 679 g/mol. The number of carboxylic acids is 1. The van der Waals surface area contributed by atoms with Crippen LogP contribution in [0.25, 0.3) is 11.1 Å². The summed E-state index contributed by atoms with van der Waals surface area (Å²) in [6.45, 7) is 12.5. The van der Waals surface area contributed by atoms with Crippen LogP contribution in [-0.4, -0.2) is 57.3 Å². The van der Waals surface area contributed by atoms with Gasteiger partial charge in [0.2, 0.25) is 0 Å². The van der Waals surface area contributed by atoms with Gasteiger partial charge in [0.25, 0.3) is 5.56 Å². The van der Waals surface area contributed by atoms with Gasteiger partial charge in [0.1, 0.15) is 23.8 Å². The van der Waals surface area contributed by atoms with Crippen LogP contribution in [0.5, 0.6) is 0 Å². The molecule has 1 saturated carbocycles. The molecule has 0 bridgehead atoms. The molecular weight excluding hydrogens is 631 g/mol. The molecule has 1 N–H and O–H groups in total. The van der Waals surface area contributed by atoms with E-state index in [9.17, 15) is 23.9 Å². The molecule has 2 atom stereocenters. The Hall–Kier alpha value is -3.79. The van der Waals surface area contributed by atoms with E-state index < -0.39 is 47.7 Å². The molecule has 3 aromatic rings. The summed E-state index contributed by atoms with van der Waals surface area (Å²) in [7, 11) is 0. The van der Waals surface area contributed by atoms with Gasteiger partial charge in [-0.1, -0.05) is 31.5 Å². The van der Waals surface area contributed by atoms with Gasteiger partial charge in [-0.15, -0.1) is 0 Å². The Labute approximate surface area is 286 Å². The molecule has 0 radical (unpaired) electrons. The Bertz CT molecular complexity index is 1770. The van der Waals surface area contributed by atoms with Crippen LogP contribution >= 0.6 is 0 Å². The van der Waals surface area contributed by atoms with Crippen LogP contribution in [0, 0.1) is 45.2 Å². The Morgan fingerprint density at radius 1 is 0.980 bits per heavy atom. The SMILES string of the molecule is Cc1cc(C)c(-c2cc(C3CC3)c(F)c([C@@H](CCC(=O)[C@H](CC(C)C)n3nc(CCN4CC(F)C4)cc(C)c3=O)CC(=O)O)c2F)c(C)c1. The number of rotatable bonds is 15. The number of hydrogen-bond donors (Lipinski definition) is 1. The predicted molar refractivity (Wildman–Crippen MR) is 184 cm³/mol. The van der Waals surface area contributed by atoms with Gasteiger partial charge in [-0.2, -0.15) is 5.10 Å². The zero-order valence-corrected chi connectivity index (χ0v) is 29.4. The first kappa shape index (κ1) is 36.5. The zero-order valence-electron chi connectivity index (χ0n) is 29.4. The van der Waals surface area contributed by atoms with Gasteiger partial charge in [0.15, 0.2) is 5.78 Å². The van der Waals surface area contributed by atoms with Crippen molar-refractivity contribution in [2.45, 2.75) is 111 Å². The smallest absolute Gasteiger partial charge is 0.303 e. The molecule has 0 unspecified atom stereocenters. The fraction of sp³-hybridized carbons (Fsp3) is 0.538. The number of alkyl halides is 1. The lowest BCUT2D eigenvalue weighted by Crippen LogP contribution is -2.49. The van der Waals surface area contributed by atoms with Crippen molar-refractivity contribution in [2.75, 3.05) is 19.6 Å². The molecule has 0 spiro atoms. The summed E-state index contributed by atoms with van der Waals surface area (Å²) in [6, 6.07) is 6.24. The zero-order chi connectivity index (χ0) is 35.7. The third-order valence-electron chi connectivity index (χ3n) is 9.92. The number of ketones is 1. The molecule has 2 aromatic carbocycles. The molecule has 10 heteroatoms. The average Bonchev–Trinajstić information content (AvgIpc) is 3.83. The number of nitrogens with zero attached hydrogens (tertiary/aromatic N) is 3. The Balaban J connectivity index is 1.48. The summed E-state index contributed by atoms with van der Waals surface area (Å²) in [5.74, 6) is -4.26. The average molecular weight is 680 g/mol. The topological polar surface area (TPSA) is 92.5 Å². The maximum Gasteiger partial charge on any atom is 0.303 e. The molecule has 1 aromatic heterocycles. The van der Waals surface area contributed by atoms with Gasteiger partial charge >= 0.3 is 5.97 Å². The number of carboxylic acid groups (broad SMARTS) is 1. The molecular formula is C39H48F3N3O4. The first-order chi connectivity index (χ1) is 23.1. The maximum atomic E-state index is 16.7. The summed E-state index contributed by atoms with van der Waals surface area (Å²) in [5.41, 5.74) is 4.33. The summed E-state index contributed by atoms with van der Waals surface area (Å²) < 4.78 is 47.6. The Morgan fingerprint density at radius 2 is 1.63 bits per heavy atom. The van der Waals surface area contributed by atoms with Gasteiger partial charge in [0, 0.05) is 55.1 Å². The van der Waals surface area contributed by atoms with E-state index in [0.29, 0.717) is 54.9 Å². The van der Waals surface area contributed by atoms with Crippen molar-refractivity contribution in [2.24, 2.45) is 5.92 Å². The number of halogens is 3. The van der Waals surface area contributed by atoms with Gasteiger partial charge in [-0.05, 0) is 99.6 Å². The van der Waals surface area contributed by atoms with Crippen LogP contribution in [0.3, 0.4) is 0 Å². The van der Waals surface area contributed by atoms with Crippen molar-refractivity contribution >= 4 is 11.8 Å². The first-order valence-electron chi connectivity index (χ1n) is 17.4. The van der Waals surface area contributed by atoms with E-state index in [1.54, 1.807) is 19.1 Å². The number of aliphatic carboxylic acids is 1. The standard InChI is InChI=1S/C39H48F3N3O4/c1-21(2)13-32(45-39(49)25(6)16-29(43-45)11-12-44-19-28(40)20-44)33(46)10-9-27(17-34(47)48)36-37(41)30(26-7-8-26)18-31(38(36)42)35-23(4)14-22(3)15-24(35)5/h14-16,18,21,26-28,32H,7-13,17,19-20H2,1-6H3,(H,47,48)/t27-,32-/m0/s1. The van der Waals surface area contributed by atoms with Gasteiger partial charge < -0.3 is 5.11 Å². The molecule has 264 valence electrons. The number of carbonyl (C=O) groups is 2. The van der Waals surface area contributed by atoms with Gasteiger partial charge in [-0.25, -0.2) is 17.9 Å². The molecule has 7 nitrogen and oxygen atoms in total. The minimum atomic E-state index is -1.22. The number of aryl methyl sites for hydroxylation is 4. The second-order valence-corrected chi connectivity index (χ2v) is 14.7. The number of benzene rings is 2. The van der Waals surface area contributed by atoms with Crippen molar-refractivity contribution in [3.05, 3.63) is 85.3 Å². The van der Waals surface area contributed by atoms with Crippen molar-refractivity contribution in [1.29, 1.82) is 0 Å². The number of carbonyl (C=O) groups excluding carboxylic acids is 1. The van der Waals surface area contributed by atoms with E-state index in [1.165, 1.54) is 4.68 Å². The van der Waals surface area contributed by atoms with E-state index in [4.69, 9.17) is 0 Å². The first-order valence-corrected chi connectivity index (χ1v) is 17.4. The van der Waals surface area contributed by atoms with Crippen molar-refractivity contribution in [3.63, 3.8) is 0 Å². The van der Waals surface area contributed by atoms with E-state index >= 15 is 8.78 Å². The Kier molecular flexibility index (Phi) is 11.2. The highest BCUT2D eigenvalue weighted by atomic mass is 19.1. The molecule has 2 fully saturated rings. The van der Waals surface area contributed by atoms with Gasteiger partial charge in [-0.3, -0.25) is 19.3 Å². The molecule has 5 rings (SSSR count). The molecule has 1 saturated heterocycles. The second kappa shape index (κ2) is 15.0. The molecule has 1 aliphatic heterocycles. The highest BCUT2D eigenvalue weighted by Gasteiger charge is 2.35.